The summed E-state index contributed by atoms with van der Waals surface area (Å²) in [6, 6.07) is 0.209. The molecular weight excluding hydrogens is 180 g/mol. The molecule has 1 aromatic heterocycles. The molecule has 1 aromatic rings. The first-order valence-corrected chi connectivity index (χ1v) is 4.49. The third kappa shape index (κ3) is 1.86. The van der Waals surface area contributed by atoms with Crippen LogP contribution in [-0.2, 0) is 0 Å². The highest BCUT2D eigenvalue weighted by Crippen LogP contribution is 2.14. The fraction of sp³-hybridized carbons (Fsp3) is 0.556. The summed E-state index contributed by atoms with van der Waals surface area (Å²) in [5.41, 5.74) is 6.10. The van der Waals surface area contributed by atoms with E-state index < -0.39 is 0 Å². The van der Waals surface area contributed by atoms with Gasteiger partial charge in [-0.3, -0.25) is 9.48 Å². The summed E-state index contributed by atoms with van der Waals surface area (Å²) in [6.45, 7) is 3.96. The maximum Gasteiger partial charge on any atom is 0.258 e. The third-order valence-corrected chi connectivity index (χ3v) is 1.93. The second-order valence-electron chi connectivity index (χ2n) is 3.70. The quantitative estimate of drug-likeness (QED) is 0.759. The topological polar surface area (TPSA) is 64.2 Å². The number of anilines is 1. The second-order valence-corrected chi connectivity index (χ2v) is 3.70. The van der Waals surface area contributed by atoms with Gasteiger partial charge in [-0.25, -0.2) is 0 Å². The van der Waals surface area contributed by atoms with Gasteiger partial charge >= 0.3 is 0 Å². The Kier molecular flexibility index (Phi) is 2.78. The molecule has 0 aliphatic heterocycles. The number of aromatic nitrogens is 2. The van der Waals surface area contributed by atoms with Gasteiger partial charge in [-0.1, -0.05) is 0 Å². The number of rotatable bonds is 2. The lowest BCUT2D eigenvalue weighted by atomic mass is 10.3. The van der Waals surface area contributed by atoms with E-state index in [0.29, 0.717) is 5.56 Å². The first kappa shape index (κ1) is 10.6. The lowest BCUT2D eigenvalue weighted by Crippen LogP contribution is -2.22. The highest BCUT2D eigenvalue weighted by molar-refractivity contribution is 5.97. The minimum Gasteiger partial charge on any atom is -0.382 e. The number of nitrogen functional groups attached to an aromatic ring is 1. The molecule has 2 N–H and O–H groups in total. The summed E-state index contributed by atoms with van der Waals surface area (Å²) in [4.78, 5) is 13.1. The average Bonchev–Trinajstić information content (AvgIpc) is 2.46. The summed E-state index contributed by atoms with van der Waals surface area (Å²) in [6.07, 6.45) is 1.68. The van der Waals surface area contributed by atoms with Gasteiger partial charge in [0, 0.05) is 26.3 Å². The Hall–Kier alpha value is -1.52. The van der Waals surface area contributed by atoms with Crippen molar-refractivity contribution in [2.45, 2.75) is 19.9 Å². The van der Waals surface area contributed by atoms with Crippen LogP contribution in [0.1, 0.15) is 30.2 Å². The Morgan fingerprint density at radius 3 is 2.50 bits per heavy atom. The SMILES string of the molecule is CC(C)n1cc(C(=O)N(C)C)c(N)n1. The van der Waals surface area contributed by atoms with Crippen molar-refractivity contribution in [3.05, 3.63) is 11.8 Å². The molecule has 1 heterocycles. The Balaban J connectivity index is 3.04. The third-order valence-electron chi connectivity index (χ3n) is 1.93. The van der Waals surface area contributed by atoms with E-state index in [1.807, 2.05) is 13.8 Å². The summed E-state index contributed by atoms with van der Waals surface area (Å²) < 4.78 is 1.69. The van der Waals surface area contributed by atoms with Gasteiger partial charge in [-0.05, 0) is 13.8 Å². The standard InChI is InChI=1S/C9H16N4O/c1-6(2)13-5-7(8(10)11-13)9(14)12(3)4/h5-6H,1-4H3,(H2,10,11). The Labute approximate surface area is 83.5 Å². The van der Waals surface area contributed by atoms with Crippen molar-refractivity contribution >= 4 is 11.7 Å². The van der Waals surface area contributed by atoms with E-state index in [2.05, 4.69) is 5.10 Å². The molecule has 0 bridgehead atoms. The van der Waals surface area contributed by atoms with E-state index >= 15 is 0 Å². The molecule has 0 unspecified atom stereocenters. The number of nitrogens with zero attached hydrogens (tertiary/aromatic N) is 3. The molecule has 0 radical (unpaired) electrons. The largest absolute Gasteiger partial charge is 0.382 e. The van der Waals surface area contributed by atoms with Crippen LogP contribution in [-0.4, -0.2) is 34.7 Å². The van der Waals surface area contributed by atoms with Crippen LogP contribution in [0, 0.1) is 0 Å². The predicted octanol–water partition coefficient (Wildman–Crippen LogP) is 0.748. The number of amides is 1. The molecule has 0 aliphatic rings. The average molecular weight is 196 g/mol. The highest BCUT2D eigenvalue weighted by Gasteiger charge is 2.16. The normalized spacial score (nSPS) is 10.6. The van der Waals surface area contributed by atoms with Crippen molar-refractivity contribution in [3.8, 4) is 0 Å². The molecule has 0 saturated heterocycles. The van der Waals surface area contributed by atoms with Gasteiger partial charge < -0.3 is 10.6 Å². The van der Waals surface area contributed by atoms with Gasteiger partial charge in [0.15, 0.2) is 5.82 Å². The van der Waals surface area contributed by atoms with Crippen LogP contribution < -0.4 is 5.73 Å². The van der Waals surface area contributed by atoms with Gasteiger partial charge in [0.25, 0.3) is 5.91 Å². The van der Waals surface area contributed by atoms with Crippen LogP contribution in [0.15, 0.2) is 6.20 Å². The van der Waals surface area contributed by atoms with Crippen LogP contribution >= 0.6 is 0 Å². The summed E-state index contributed by atoms with van der Waals surface area (Å²) in [7, 11) is 3.38. The van der Waals surface area contributed by atoms with Crippen LogP contribution in [0.5, 0.6) is 0 Å². The fourth-order valence-electron chi connectivity index (χ4n) is 1.08. The Morgan fingerprint density at radius 1 is 1.57 bits per heavy atom. The molecule has 1 amide bonds. The fourth-order valence-corrected chi connectivity index (χ4v) is 1.08. The molecule has 0 atom stereocenters. The molecule has 0 aliphatic carbocycles. The van der Waals surface area contributed by atoms with Gasteiger partial charge in [-0.2, -0.15) is 5.10 Å². The van der Waals surface area contributed by atoms with Crippen molar-refractivity contribution in [2.75, 3.05) is 19.8 Å². The van der Waals surface area contributed by atoms with E-state index in [1.165, 1.54) is 4.90 Å². The van der Waals surface area contributed by atoms with Crippen molar-refractivity contribution < 1.29 is 4.79 Å². The molecule has 0 saturated carbocycles. The minimum absolute atomic E-state index is 0.116. The van der Waals surface area contributed by atoms with Crippen LogP contribution in [0.2, 0.25) is 0 Å². The smallest absolute Gasteiger partial charge is 0.258 e. The Bertz CT molecular complexity index is 341. The molecule has 0 fully saturated rings. The number of hydrogen-bond acceptors (Lipinski definition) is 3. The zero-order valence-corrected chi connectivity index (χ0v) is 8.98. The summed E-state index contributed by atoms with van der Waals surface area (Å²) in [5, 5.41) is 4.06. The van der Waals surface area contributed by atoms with Crippen LogP contribution in [0.3, 0.4) is 0 Å². The van der Waals surface area contributed by atoms with Crippen molar-refractivity contribution in [1.29, 1.82) is 0 Å². The monoisotopic (exact) mass is 196 g/mol. The first-order chi connectivity index (χ1) is 6.43. The number of nitrogens with two attached hydrogens (primary N) is 1. The maximum atomic E-state index is 11.6. The number of carbonyl (C=O) groups excluding carboxylic acids is 1. The zero-order chi connectivity index (χ0) is 10.9. The molecule has 78 valence electrons. The van der Waals surface area contributed by atoms with Crippen molar-refractivity contribution in [3.63, 3.8) is 0 Å². The van der Waals surface area contributed by atoms with Crippen molar-refractivity contribution in [2.24, 2.45) is 0 Å². The molecule has 0 spiro atoms. The van der Waals surface area contributed by atoms with E-state index in [-0.39, 0.29) is 17.8 Å². The predicted molar refractivity (Wildman–Crippen MR) is 55.0 cm³/mol. The second kappa shape index (κ2) is 3.69. The highest BCUT2D eigenvalue weighted by atomic mass is 16.2. The molecular formula is C9H16N4O. The molecule has 5 nitrogen and oxygen atoms in total. The number of carbonyl (C=O) groups is 1. The van der Waals surface area contributed by atoms with Gasteiger partial charge in [0.1, 0.15) is 5.56 Å². The molecule has 14 heavy (non-hydrogen) atoms. The van der Waals surface area contributed by atoms with E-state index in [9.17, 15) is 4.79 Å². The maximum absolute atomic E-state index is 11.6. The zero-order valence-electron chi connectivity index (χ0n) is 8.98. The lowest BCUT2D eigenvalue weighted by Gasteiger charge is -2.08. The minimum atomic E-state index is -0.116. The van der Waals surface area contributed by atoms with Gasteiger partial charge in [-0.15, -0.1) is 0 Å². The van der Waals surface area contributed by atoms with E-state index in [0.717, 1.165) is 0 Å². The molecule has 1 rings (SSSR count). The van der Waals surface area contributed by atoms with Crippen LogP contribution in [0.4, 0.5) is 5.82 Å². The molecule has 5 heteroatoms. The lowest BCUT2D eigenvalue weighted by molar-refractivity contribution is 0.0828. The van der Waals surface area contributed by atoms with E-state index in [1.54, 1.807) is 25.0 Å². The molecule has 0 aromatic carbocycles. The van der Waals surface area contributed by atoms with Gasteiger partial charge in [0.05, 0.1) is 0 Å². The number of hydrogen-bond donors (Lipinski definition) is 1. The Morgan fingerprint density at radius 2 is 2.14 bits per heavy atom. The van der Waals surface area contributed by atoms with E-state index in [4.69, 9.17) is 5.73 Å². The first-order valence-electron chi connectivity index (χ1n) is 4.49. The van der Waals surface area contributed by atoms with Crippen molar-refractivity contribution in [1.82, 2.24) is 14.7 Å². The van der Waals surface area contributed by atoms with Gasteiger partial charge in [0.2, 0.25) is 0 Å². The van der Waals surface area contributed by atoms with Crippen LogP contribution in [0.25, 0.3) is 0 Å². The summed E-state index contributed by atoms with van der Waals surface area (Å²) >= 11 is 0. The summed E-state index contributed by atoms with van der Waals surface area (Å²) in [5.74, 6) is 0.173.